The van der Waals surface area contributed by atoms with Crippen LogP contribution in [0.5, 0.6) is 11.5 Å². The van der Waals surface area contributed by atoms with Crippen LogP contribution in [-0.2, 0) is 0 Å². The van der Waals surface area contributed by atoms with Crippen LogP contribution in [-0.4, -0.2) is 20.0 Å². The van der Waals surface area contributed by atoms with E-state index in [0.717, 1.165) is 32.0 Å². The van der Waals surface area contributed by atoms with Gasteiger partial charge in [0.05, 0.1) is 19.3 Å². The van der Waals surface area contributed by atoms with E-state index in [2.05, 4.69) is 6.58 Å². The van der Waals surface area contributed by atoms with Gasteiger partial charge in [0.15, 0.2) is 6.29 Å². The minimum Gasteiger partial charge on any atom is -0.497 e. The zero-order chi connectivity index (χ0) is 13.2. The number of aldehydes is 1. The molecule has 1 aromatic rings. The zero-order valence-corrected chi connectivity index (χ0v) is 10.9. The highest BCUT2D eigenvalue weighted by Crippen LogP contribution is 2.23. The van der Waals surface area contributed by atoms with Crippen molar-refractivity contribution in [3.8, 4) is 11.5 Å². The Kier molecular flexibility index (Phi) is 6.62. The predicted octanol–water partition coefficient (Wildman–Crippen LogP) is 3.63. The fourth-order valence-electron chi connectivity index (χ4n) is 1.61. The molecular formula is C15H20O3. The highest BCUT2D eigenvalue weighted by Gasteiger charge is 2.04. The third-order valence-electron chi connectivity index (χ3n) is 2.66. The first-order valence-corrected chi connectivity index (χ1v) is 6.18. The van der Waals surface area contributed by atoms with Gasteiger partial charge in [-0.2, -0.15) is 0 Å². The summed E-state index contributed by atoms with van der Waals surface area (Å²) in [6.07, 6.45) is 6.97. The number of carbonyl (C=O) groups is 1. The van der Waals surface area contributed by atoms with Crippen molar-refractivity contribution in [2.45, 2.75) is 25.7 Å². The first-order valence-electron chi connectivity index (χ1n) is 6.18. The third-order valence-corrected chi connectivity index (χ3v) is 2.66. The van der Waals surface area contributed by atoms with Gasteiger partial charge in [0.25, 0.3) is 0 Å². The molecule has 0 aliphatic carbocycles. The van der Waals surface area contributed by atoms with Crippen molar-refractivity contribution in [2.24, 2.45) is 0 Å². The minimum absolute atomic E-state index is 0.557. The van der Waals surface area contributed by atoms with Gasteiger partial charge >= 0.3 is 0 Å². The molecule has 1 rings (SSSR count). The maximum Gasteiger partial charge on any atom is 0.153 e. The van der Waals surface area contributed by atoms with E-state index in [9.17, 15) is 4.79 Å². The molecule has 0 heterocycles. The summed E-state index contributed by atoms with van der Waals surface area (Å²) >= 11 is 0. The van der Waals surface area contributed by atoms with Gasteiger partial charge in [-0.15, -0.1) is 6.58 Å². The van der Waals surface area contributed by atoms with Gasteiger partial charge in [-0.3, -0.25) is 4.79 Å². The Morgan fingerprint density at radius 3 is 2.78 bits per heavy atom. The highest BCUT2D eigenvalue weighted by atomic mass is 16.5. The van der Waals surface area contributed by atoms with Crippen LogP contribution < -0.4 is 9.47 Å². The fraction of sp³-hybridized carbons (Fsp3) is 0.400. The number of benzene rings is 1. The highest BCUT2D eigenvalue weighted by molar-refractivity contribution is 5.79. The molecule has 3 heteroatoms. The molecule has 98 valence electrons. The zero-order valence-electron chi connectivity index (χ0n) is 10.9. The summed E-state index contributed by atoms with van der Waals surface area (Å²) in [4.78, 5) is 10.9. The Hall–Kier alpha value is -1.77. The molecule has 0 N–H and O–H groups in total. The summed E-state index contributed by atoms with van der Waals surface area (Å²) in [7, 11) is 1.59. The van der Waals surface area contributed by atoms with Gasteiger partial charge in [-0.1, -0.05) is 6.08 Å². The molecule has 0 aliphatic heterocycles. The lowest BCUT2D eigenvalue weighted by molar-refractivity contribution is 0.111. The molecule has 0 radical (unpaired) electrons. The number of hydrogen-bond donors (Lipinski definition) is 0. The van der Waals surface area contributed by atoms with E-state index >= 15 is 0 Å². The van der Waals surface area contributed by atoms with Crippen molar-refractivity contribution in [3.63, 3.8) is 0 Å². The second-order valence-electron chi connectivity index (χ2n) is 4.01. The van der Waals surface area contributed by atoms with Crippen LogP contribution in [0.4, 0.5) is 0 Å². The van der Waals surface area contributed by atoms with Crippen LogP contribution in [0.3, 0.4) is 0 Å². The molecule has 3 nitrogen and oxygen atoms in total. The summed E-state index contributed by atoms with van der Waals surface area (Å²) in [5.74, 6) is 1.29. The number of allylic oxidation sites excluding steroid dienone is 1. The van der Waals surface area contributed by atoms with E-state index in [1.54, 1.807) is 25.3 Å². The van der Waals surface area contributed by atoms with Crippen molar-refractivity contribution >= 4 is 6.29 Å². The van der Waals surface area contributed by atoms with Crippen molar-refractivity contribution < 1.29 is 14.3 Å². The summed E-state index contributed by atoms with van der Waals surface area (Å²) in [6.45, 7) is 4.30. The summed E-state index contributed by atoms with van der Waals surface area (Å²) in [6, 6.07) is 5.20. The van der Waals surface area contributed by atoms with E-state index in [1.807, 2.05) is 6.08 Å². The molecule has 0 aliphatic rings. The number of hydrogen-bond acceptors (Lipinski definition) is 3. The fourth-order valence-corrected chi connectivity index (χ4v) is 1.61. The van der Waals surface area contributed by atoms with Gasteiger partial charge in [-0.25, -0.2) is 0 Å². The van der Waals surface area contributed by atoms with Crippen LogP contribution >= 0.6 is 0 Å². The smallest absolute Gasteiger partial charge is 0.153 e. The van der Waals surface area contributed by atoms with Crippen LogP contribution in [0, 0.1) is 0 Å². The normalized spacial score (nSPS) is 9.83. The lowest BCUT2D eigenvalue weighted by Gasteiger charge is -2.09. The quantitative estimate of drug-likeness (QED) is 0.380. The molecule has 1 aromatic carbocycles. The summed E-state index contributed by atoms with van der Waals surface area (Å²) < 4.78 is 10.7. The molecule has 0 amide bonds. The van der Waals surface area contributed by atoms with Gasteiger partial charge in [0.2, 0.25) is 0 Å². The van der Waals surface area contributed by atoms with Gasteiger partial charge < -0.3 is 9.47 Å². The van der Waals surface area contributed by atoms with Crippen LogP contribution in [0.25, 0.3) is 0 Å². The monoisotopic (exact) mass is 248 g/mol. The first-order chi connectivity index (χ1) is 8.81. The molecular weight excluding hydrogens is 228 g/mol. The lowest BCUT2D eigenvalue weighted by atomic mass is 10.2. The minimum atomic E-state index is 0.557. The molecule has 0 saturated heterocycles. The van der Waals surface area contributed by atoms with E-state index in [0.29, 0.717) is 23.7 Å². The molecule has 0 aromatic heterocycles. The molecule has 0 spiro atoms. The van der Waals surface area contributed by atoms with E-state index < -0.39 is 0 Å². The molecule has 0 unspecified atom stereocenters. The Morgan fingerprint density at radius 1 is 1.28 bits per heavy atom. The van der Waals surface area contributed by atoms with Crippen molar-refractivity contribution in [1.82, 2.24) is 0 Å². The van der Waals surface area contributed by atoms with Crippen LogP contribution in [0.1, 0.15) is 36.0 Å². The topological polar surface area (TPSA) is 35.5 Å². The van der Waals surface area contributed by atoms with E-state index in [1.165, 1.54) is 0 Å². The number of unbranched alkanes of at least 4 members (excludes halogenated alkanes) is 3. The third kappa shape index (κ3) is 4.62. The number of carbonyl (C=O) groups excluding carboxylic acids is 1. The van der Waals surface area contributed by atoms with E-state index in [4.69, 9.17) is 9.47 Å². The summed E-state index contributed by atoms with van der Waals surface area (Å²) in [5, 5.41) is 0. The second kappa shape index (κ2) is 8.34. The average Bonchev–Trinajstić information content (AvgIpc) is 2.42. The maximum absolute atomic E-state index is 10.9. The number of ether oxygens (including phenoxy) is 2. The molecule has 0 fully saturated rings. The first kappa shape index (κ1) is 14.3. The number of rotatable bonds is 9. The SMILES string of the molecule is C=CCCCCCOc1cc(OC)ccc1C=O. The summed E-state index contributed by atoms with van der Waals surface area (Å²) in [5.41, 5.74) is 0.557. The van der Waals surface area contributed by atoms with Crippen LogP contribution in [0.15, 0.2) is 30.9 Å². The Morgan fingerprint density at radius 2 is 2.11 bits per heavy atom. The van der Waals surface area contributed by atoms with Crippen molar-refractivity contribution in [3.05, 3.63) is 36.4 Å². The molecule has 0 atom stereocenters. The predicted molar refractivity (Wildman–Crippen MR) is 72.5 cm³/mol. The van der Waals surface area contributed by atoms with Crippen molar-refractivity contribution in [2.75, 3.05) is 13.7 Å². The Labute approximate surface area is 108 Å². The average molecular weight is 248 g/mol. The Balaban J connectivity index is 2.44. The second-order valence-corrected chi connectivity index (χ2v) is 4.01. The van der Waals surface area contributed by atoms with Crippen molar-refractivity contribution in [1.29, 1.82) is 0 Å². The molecule has 0 saturated carbocycles. The molecule has 0 bridgehead atoms. The largest absolute Gasteiger partial charge is 0.497 e. The van der Waals surface area contributed by atoms with E-state index in [-0.39, 0.29) is 0 Å². The molecule has 18 heavy (non-hydrogen) atoms. The Bertz CT molecular complexity index is 385. The van der Waals surface area contributed by atoms with Gasteiger partial charge in [0.1, 0.15) is 11.5 Å². The van der Waals surface area contributed by atoms with Gasteiger partial charge in [0, 0.05) is 6.07 Å². The van der Waals surface area contributed by atoms with Gasteiger partial charge in [-0.05, 0) is 37.8 Å². The number of methoxy groups -OCH3 is 1. The van der Waals surface area contributed by atoms with Crippen LogP contribution in [0.2, 0.25) is 0 Å². The maximum atomic E-state index is 10.9. The standard InChI is InChI=1S/C15H20O3/c1-3-4-5-6-7-10-18-15-11-14(17-2)9-8-13(15)12-16/h3,8-9,11-12H,1,4-7,10H2,2H3. The lowest BCUT2D eigenvalue weighted by Crippen LogP contribution is -2.00.